The Morgan fingerprint density at radius 3 is 2.57 bits per heavy atom. The first kappa shape index (κ1) is 15.2. The van der Waals surface area contributed by atoms with Crippen LogP contribution >= 0.6 is 0 Å². The van der Waals surface area contributed by atoms with Crippen LogP contribution in [0.15, 0.2) is 54.6 Å². The number of fused-ring (bicyclic) bond motifs is 1. The maximum absolute atomic E-state index is 13.6. The van der Waals surface area contributed by atoms with Crippen LogP contribution in [0, 0.1) is 12.7 Å². The van der Waals surface area contributed by atoms with Gasteiger partial charge >= 0.3 is 0 Å². The SMILES string of the molecule is CCN(C(=O)c1cc(C)nc2ccc(F)cc12)c1ccccc1. The van der Waals surface area contributed by atoms with E-state index in [-0.39, 0.29) is 11.7 Å². The number of aryl methyl sites for hydroxylation is 1. The highest BCUT2D eigenvalue weighted by Gasteiger charge is 2.19. The van der Waals surface area contributed by atoms with Crippen molar-refractivity contribution < 1.29 is 9.18 Å². The zero-order valence-electron chi connectivity index (χ0n) is 13.1. The van der Waals surface area contributed by atoms with Gasteiger partial charge in [0.25, 0.3) is 5.91 Å². The molecule has 3 aromatic rings. The molecule has 0 aliphatic rings. The van der Waals surface area contributed by atoms with Gasteiger partial charge in [-0.25, -0.2) is 4.39 Å². The van der Waals surface area contributed by atoms with Crippen LogP contribution in [-0.4, -0.2) is 17.4 Å². The first-order chi connectivity index (χ1) is 11.1. The summed E-state index contributed by atoms with van der Waals surface area (Å²) in [6, 6.07) is 15.5. The molecule has 1 amide bonds. The van der Waals surface area contributed by atoms with Crippen molar-refractivity contribution in [3.05, 3.63) is 71.7 Å². The Balaban J connectivity index is 2.15. The molecule has 0 unspecified atom stereocenters. The molecule has 116 valence electrons. The number of para-hydroxylation sites is 1. The number of hydrogen-bond donors (Lipinski definition) is 0. The van der Waals surface area contributed by atoms with Gasteiger partial charge < -0.3 is 4.90 Å². The number of amides is 1. The van der Waals surface area contributed by atoms with Crippen molar-refractivity contribution in [3.63, 3.8) is 0 Å². The minimum Gasteiger partial charge on any atom is -0.309 e. The van der Waals surface area contributed by atoms with Crippen LogP contribution in [0.25, 0.3) is 10.9 Å². The summed E-state index contributed by atoms with van der Waals surface area (Å²) in [5, 5.41) is 0.537. The lowest BCUT2D eigenvalue weighted by Crippen LogP contribution is -2.30. The third-order valence-corrected chi connectivity index (χ3v) is 3.76. The largest absolute Gasteiger partial charge is 0.309 e. The predicted molar refractivity (Wildman–Crippen MR) is 90.2 cm³/mol. The molecule has 0 saturated carbocycles. The Hall–Kier alpha value is -2.75. The lowest BCUT2D eigenvalue weighted by atomic mass is 10.1. The monoisotopic (exact) mass is 308 g/mol. The molecular weight excluding hydrogens is 291 g/mol. The third-order valence-electron chi connectivity index (χ3n) is 3.76. The van der Waals surface area contributed by atoms with Crippen LogP contribution in [0.5, 0.6) is 0 Å². The fourth-order valence-electron chi connectivity index (χ4n) is 2.70. The van der Waals surface area contributed by atoms with Crippen LogP contribution in [0.2, 0.25) is 0 Å². The van der Waals surface area contributed by atoms with Crippen LogP contribution in [0.1, 0.15) is 23.0 Å². The van der Waals surface area contributed by atoms with E-state index in [2.05, 4.69) is 4.98 Å². The van der Waals surface area contributed by atoms with Crippen molar-refractivity contribution >= 4 is 22.5 Å². The standard InChI is InChI=1S/C19H17FN2O/c1-3-22(15-7-5-4-6-8-15)19(23)17-11-13(2)21-18-10-9-14(20)12-16(17)18/h4-12H,3H2,1-2H3. The molecule has 3 rings (SSSR count). The molecule has 1 aromatic heterocycles. The van der Waals surface area contributed by atoms with Gasteiger partial charge in [-0.1, -0.05) is 18.2 Å². The van der Waals surface area contributed by atoms with Crippen molar-refractivity contribution in [2.45, 2.75) is 13.8 Å². The summed E-state index contributed by atoms with van der Waals surface area (Å²) in [4.78, 5) is 19.1. The van der Waals surface area contributed by atoms with Crippen molar-refractivity contribution in [2.24, 2.45) is 0 Å². The molecule has 2 aromatic carbocycles. The fraction of sp³-hybridized carbons (Fsp3) is 0.158. The van der Waals surface area contributed by atoms with Crippen LogP contribution < -0.4 is 4.90 Å². The zero-order chi connectivity index (χ0) is 16.4. The van der Waals surface area contributed by atoms with Gasteiger partial charge in [-0.2, -0.15) is 0 Å². The maximum atomic E-state index is 13.6. The molecule has 23 heavy (non-hydrogen) atoms. The zero-order valence-corrected chi connectivity index (χ0v) is 13.1. The van der Waals surface area contributed by atoms with E-state index < -0.39 is 0 Å². The first-order valence-corrected chi connectivity index (χ1v) is 7.54. The third kappa shape index (κ3) is 2.93. The van der Waals surface area contributed by atoms with Gasteiger partial charge in [0.05, 0.1) is 11.1 Å². The quantitative estimate of drug-likeness (QED) is 0.720. The van der Waals surface area contributed by atoms with E-state index in [1.54, 1.807) is 17.0 Å². The molecule has 0 atom stereocenters. The van der Waals surface area contributed by atoms with E-state index in [4.69, 9.17) is 0 Å². The summed E-state index contributed by atoms with van der Waals surface area (Å²) in [5.74, 6) is -0.528. The maximum Gasteiger partial charge on any atom is 0.259 e. The minimum atomic E-state index is -0.375. The van der Waals surface area contributed by atoms with E-state index in [9.17, 15) is 9.18 Å². The highest BCUT2D eigenvalue weighted by atomic mass is 19.1. The summed E-state index contributed by atoms with van der Waals surface area (Å²) in [5.41, 5.74) is 2.65. The predicted octanol–water partition coefficient (Wildman–Crippen LogP) is 4.35. The van der Waals surface area contributed by atoms with E-state index in [0.29, 0.717) is 23.0 Å². The van der Waals surface area contributed by atoms with Crippen molar-refractivity contribution in [2.75, 3.05) is 11.4 Å². The smallest absolute Gasteiger partial charge is 0.259 e. The second-order valence-electron chi connectivity index (χ2n) is 5.36. The number of aromatic nitrogens is 1. The molecule has 4 heteroatoms. The average Bonchev–Trinajstić information content (AvgIpc) is 2.56. The number of benzene rings is 2. The summed E-state index contributed by atoms with van der Waals surface area (Å²) in [6.07, 6.45) is 0. The highest BCUT2D eigenvalue weighted by molar-refractivity contribution is 6.13. The van der Waals surface area contributed by atoms with E-state index in [1.807, 2.05) is 44.2 Å². The molecular formula is C19H17FN2O. The Morgan fingerprint density at radius 1 is 1.13 bits per heavy atom. The Labute approximate surface area is 134 Å². The Morgan fingerprint density at radius 2 is 1.87 bits per heavy atom. The van der Waals surface area contributed by atoms with Gasteiger partial charge in [-0.15, -0.1) is 0 Å². The molecule has 0 aliphatic carbocycles. The number of nitrogens with zero attached hydrogens (tertiary/aromatic N) is 2. The number of carbonyl (C=O) groups excluding carboxylic acids is 1. The van der Waals surface area contributed by atoms with Gasteiger partial charge in [-0.3, -0.25) is 9.78 Å². The van der Waals surface area contributed by atoms with Crippen molar-refractivity contribution in [3.8, 4) is 0 Å². The number of carbonyl (C=O) groups is 1. The lowest BCUT2D eigenvalue weighted by Gasteiger charge is -2.22. The van der Waals surface area contributed by atoms with Crippen LogP contribution in [0.3, 0.4) is 0 Å². The van der Waals surface area contributed by atoms with Gasteiger partial charge in [0.15, 0.2) is 0 Å². The number of hydrogen-bond acceptors (Lipinski definition) is 2. The number of anilines is 1. The fourth-order valence-corrected chi connectivity index (χ4v) is 2.70. The molecule has 0 spiro atoms. The van der Waals surface area contributed by atoms with Crippen LogP contribution in [0.4, 0.5) is 10.1 Å². The van der Waals surface area contributed by atoms with Gasteiger partial charge in [-0.05, 0) is 50.2 Å². The normalized spacial score (nSPS) is 10.7. The molecule has 0 aliphatic heterocycles. The summed E-state index contributed by atoms with van der Waals surface area (Å²) in [7, 11) is 0. The van der Waals surface area contributed by atoms with E-state index in [1.165, 1.54) is 12.1 Å². The van der Waals surface area contributed by atoms with E-state index >= 15 is 0 Å². The topological polar surface area (TPSA) is 33.2 Å². The minimum absolute atomic E-state index is 0.153. The summed E-state index contributed by atoms with van der Waals surface area (Å²) in [6.45, 7) is 4.28. The van der Waals surface area contributed by atoms with E-state index in [0.717, 1.165) is 11.4 Å². The number of pyridine rings is 1. The molecule has 0 fully saturated rings. The lowest BCUT2D eigenvalue weighted by molar-refractivity contribution is 0.0989. The molecule has 0 saturated heterocycles. The van der Waals surface area contributed by atoms with Crippen molar-refractivity contribution in [1.82, 2.24) is 4.98 Å². The Bertz CT molecular complexity index is 862. The Kier molecular flexibility index (Phi) is 4.06. The molecule has 0 N–H and O–H groups in total. The number of rotatable bonds is 3. The van der Waals surface area contributed by atoms with Gasteiger partial charge in [0, 0.05) is 23.3 Å². The highest BCUT2D eigenvalue weighted by Crippen LogP contribution is 2.23. The second-order valence-corrected chi connectivity index (χ2v) is 5.36. The summed E-state index contributed by atoms with van der Waals surface area (Å²) >= 11 is 0. The average molecular weight is 308 g/mol. The van der Waals surface area contributed by atoms with Crippen molar-refractivity contribution in [1.29, 1.82) is 0 Å². The van der Waals surface area contributed by atoms with Gasteiger partial charge in [0.2, 0.25) is 0 Å². The molecule has 3 nitrogen and oxygen atoms in total. The molecule has 0 radical (unpaired) electrons. The first-order valence-electron chi connectivity index (χ1n) is 7.54. The summed E-state index contributed by atoms with van der Waals surface area (Å²) < 4.78 is 13.6. The van der Waals surface area contributed by atoms with Gasteiger partial charge in [0.1, 0.15) is 5.82 Å². The number of halogens is 1. The molecule has 0 bridgehead atoms. The second kappa shape index (κ2) is 6.16. The van der Waals surface area contributed by atoms with Crippen LogP contribution in [-0.2, 0) is 0 Å². The molecule has 1 heterocycles.